The van der Waals surface area contributed by atoms with E-state index in [0.717, 1.165) is 18.5 Å². The van der Waals surface area contributed by atoms with Gasteiger partial charge in [0.2, 0.25) is 0 Å². The second kappa shape index (κ2) is 12.6. The monoisotopic (exact) mass is 764 g/mol. The van der Waals surface area contributed by atoms with E-state index in [4.69, 9.17) is 4.98 Å². The SMILES string of the molecule is Cc1ccc(C2=Cc3c(n(-c4cccnc4)c4c5c6c(cc34)C(C)C(C)c3cc4c7cc(-c8ccc(C)cc8)ccc7n(-c7cc[nH]c7)c4c(c3-6)C(C)C5C)CC2)cc1. The van der Waals surface area contributed by atoms with Crippen LogP contribution >= 0.6 is 0 Å². The predicted molar refractivity (Wildman–Crippen MR) is 246 cm³/mol. The largest absolute Gasteiger partial charge is 0.366 e. The van der Waals surface area contributed by atoms with E-state index >= 15 is 0 Å². The highest BCUT2D eigenvalue weighted by atomic mass is 15.0. The van der Waals surface area contributed by atoms with Crippen LogP contribution in [0.25, 0.3) is 78.0 Å². The van der Waals surface area contributed by atoms with Crippen molar-refractivity contribution < 1.29 is 0 Å². The lowest BCUT2D eigenvalue weighted by atomic mass is 9.62. The molecule has 288 valence electrons. The zero-order chi connectivity index (χ0) is 39.8. The molecule has 4 atom stereocenters. The molecular formula is C55H48N4. The molecule has 12 rings (SSSR count). The molecule has 4 nitrogen and oxygen atoms in total. The molecule has 4 aromatic heterocycles. The molecule has 4 heterocycles. The second-order valence-electron chi connectivity index (χ2n) is 17.9. The maximum absolute atomic E-state index is 4.69. The van der Waals surface area contributed by atoms with Gasteiger partial charge < -0.3 is 14.1 Å². The lowest BCUT2D eigenvalue weighted by Gasteiger charge is -2.42. The summed E-state index contributed by atoms with van der Waals surface area (Å²) in [6.45, 7) is 14.3. The summed E-state index contributed by atoms with van der Waals surface area (Å²) in [5.74, 6) is 1.25. The number of nitrogens with zero attached hydrogens (tertiary/aromatic N) is 3. The topological polar surface area (TPSA) is 38.5 Å². The van der Waals surface area contributed by atoms with Crippen molar-refractivity contribution in [3.05, 3.63) is 172 Å². The van der Waals surface area contributed by atoms with Crippen molar-refractivity contribution in [2.45, 2.75) is 78.1 Å². The van der Waals surface area contributed by atoms with E-state index in [2.05, 4.69) is 177 Å². The fraction of sp³-hybridized carbons (Fsp3) is 0.218. The molecule has 3 aliphatic carbocycles. The van der Waals surface area contributed by atoms with Gasteiger partial charge in [-0.2, -0.15) is 0 Å². The van der Waals surface area contributed by atoms with Gasteiger partial charge in [-0.05, 0) is 155 Å². The third-order valence-corrected chi connectivity index (χ3v) is 14.7. The first-order valence-electron chi connectivity index (χ1n) is 21.5. The van der Waals surface area contributed by atoms with Gasteiger partial charge in [-0.25, -0.2) is 0 Å². The smallest absolute Gasteiger partial charge is 0.0642 e. The molecule has 0 bridgehead atoms. The second-order valence-corrected chi connectivity index (χ2v) is 17.9. The van der Waals surface area contributed by atoms with Crippen LogP contribution in [0.4, 0.5) is 0 Å². The van der Waals surface area contributed by atoms with Crippen LogP contribution in [0, 0.1) is 13.8 Å². The fourth-order valence-corrected chi connectivity index (χ4v) is 11.3. The van der Waals surface area contributed by atoms with Gasteiger partial charge >= 0.3 is 0 Å². The van der Waals surface area contributed by atoms with E-state index in [1.165, 1.54) is 116 Å². The van der Waals surface area contributed by atoms with Gasteiger partial charge in [-0.1, -0.05) is 93.4 Å². The first kappa shape index (κ1) is 34.6. The number of rotatable bonds is 4. The number of benzene rings is 5. The normalized spacial score (nSPS) is 19.3. The van der Waals surface area contributed by atoms with Crippen molar-refractivity contribution in [3.8, 4) is 33.6 Å². The van der Waals surface area contributed by atoms with E-state index in [1.807, 2.05) is 6.20 Å². The quantitative estimate of drug-likeness (QED) is 0.190. The van der Waals surface area contributed by atoms with Crippen molar-refractivity contribution >= 4 is 44.4 Å². The van der Waals surface area contributed by atoms with Gasteiger partial charge in [0.15, 0.2) is 0 Å². The van der Waals surface area contributed by atoms with Crippen LogP contribution in [-0.2, 0) is 6.42 Å². The number of nitrogens with one attached hydrogen (secondary N) is 1. The molecule has 4 unspecified atom stereocenters. The number of allylic oxidation sites excluding steroid dienone is 1. The van der Waals surface area contributed by atoms with Crippen LogP contribution in [0.1, 0.15) is 108 Å². The minimum Gasteiger partial charge on any atom is -0.366 e. The van der Waals surface area contributed by atoms with Crippen molar-refractivity contribution in [3.63, 3.8) is 0 Å². The molecule has 59 heavy (non-hydrogen) atoms. The predicted octanol–water partition coefficient (Wildman–Crippen LogP) is 14.3. The lowest BCUT2D eigenvalue weighted by Crippen LogP contribution is -2.24. The van der Waals surface area contributed by atoms with Crippen LogP contribution in [0.2, 0.25) is 0 Å². The highest BCUT2D eigenvalue weighted by molar-refractivity contribution is 6.15. The molecule has 0 saturated carbocycles. The molecule has 5 aromatic carbocycles. The molecule has 0 aliphatic heterocycles. The van der Waals surface area contributed by atoms with E-state index in [9.17, 15) is 0 Å². The summed E-state index contributed by atoms with van der Waals surface area (Å²) >= 11 is 0. The number of hydrogen-bond acceptors (Lipinski definition) is 1. The van der Waals surface area contributed by atoms with Gasteiger partial charge in [-0.3, -0.25) is 4.98 Å². The number of hydrogen-bond donors (Lipinski definition) is 1. The Balaban J connectivity index is 1.20. The van der Waals surface area contributed by atoms with Crippen LogP contribution in [0.15, 0.2) is 122 Å². The van der Waals surface area contributed by atoms with Crippen molar-refractivity contribution in [1.29, 1.82) is 0 Å². The molecule has 9 aromatic rings. The lowest BCUT2D eigenvalue weighted by molar-refractivity contribution is 0.584. The number of fused-ring (bicyclic) bond motifs is 8. The molecule has 0 saturated heterocycles. The van der Waals surface area contributed by atoms with Gasteiger partial charge in [0.1, 0.15) is 0 Å². The number of aromatic nitrogens is 4. The summed E-state index contributed by atoms with van der Waals surface area (Å²) in [6.07, 6.45) is 12.7. The highest BCUT2D eigenvalue weighted by Crippen LogP contribution is 2.61. The summed E-state index contributed by atoms with van der Waals surface area (Å²) in [6, 6.07) is 37.0. The third kappa shape index (κ3) is 4.80. The zero-order valence-corrected chi connectivity index (χ0v) is 34.7. The molecule has 0 amide bonds. The highest BCUT2D eigenvalue weighted by Gasteiger charge is 2.43. The zero-order valence-electron chi connectivity index (χ0n) is 34.7. The molecule has 4 heteroatoms. The van der Waals surface area contributed by atoms with E-state index in [0.29, 0.717) is 11.8 Å². The molecule has 3 aliphatic rings. The van der Waals surface area contributed by atoms with Crippen LogP contribution in [0.5, 0.6) is 0 Å². The van der Waals surface area contributed by atoms with Gasteiger partial charge in [0.25, 0.3) is 0 Å². The summed E-state index contributed by atoms with van der Waals surface area (Å²) in [7, 11) is 0. The van der Waals surface area contributed by atoms with E-state index in [1.54, 1.807) is 0 Å². The standard InChI is InChI=1S/C55H48N4/c1-30-9-13-36(14-10-30)38-17-19-48-44(24-38)46-26-42-32(3)33(4)43-27-47-45-25-39(37-15-11-31(2)12-16-37)18-20-49(45)59(41-21-23-57-29-41)55(47)51-35(6)34(5)50(52(42)53(43)51)54(46)58(48)40-8-7-22-56-28-40/h7-16,18,20-29,32-35,57H,17,19H2,1-6H3. The Morgan fingerprint density at radius 2 is 1.24 bits per heavy atom. The first-order chi connectivity index (χ1) is 28.8. The number of aryl methyl sites for hydroxylation is 2. The molecule has 0 fully saturated rings. The Morgan fingerprint density at radius 3 is 1.88 bits per heavy atom. The molecule has 0 radical (unpaired) electrons. The maximum atomic E-state index is 4.69. The maximum Gasteiger partial charge on any atom is 0.0642 e. The van der Waals surface area contributed by atoms with Gasteiger partial charge in [-0.15, -0.1) is 0 Å². The Morgan fingerprint density at radius 1 is 0.593 bits per heavy atom. The summed E-state index contributed by atoms with van der Waals surface area (Å²) in [5.41, 5.74) is 25.9. The summed E-state index contributed by atoms with van der Waals surface area (Å²) < 4.78 is 5.16. The van der Waals surface area contributed by atoms with E-state index in [-0.39, 0.29) is 11.8 Å². The number of pyridine rings is 1. The third-order valence-electron chi connectivity index (χ3n) is 14.7. The minimum absolute atomic E-state index is 0.269. The number of aromatic amines is 1. The molecule has 1 N–H and O–H groups in total. The average molecular weight is 765 g/mol. The molecular weight excluding hydrogens is 717 g/mol. The van der Waals surface area contributed by atoms with E-state index < -0.39 is 0 Å². The fourth-order valence-electron chi connectivity index (χ4n) is 11.3. The Labute approximate surface area is 345 Å². The van der Waals surface area contributed by atoms with Crippen molar-refractivity contribution in [2.24, 2.45) is 0 Å². The summed E-state index contributed by atoms with van der Waals surface area (Å²) in [5, 5.41) is 4.07. The number of H-pyrrole nitrogens is 1. The minimum atomic E-state index is 0.269. The van der Waals surface area contributed by atoms with Crippen LogP contribution in [0.3, 0.4) is 0 Å². The Bertz CT molecular complexity index is 3210. The Kier molecular flexibility index (Phi) is 7.37. The average Bonchev–Trinajstić information content (AvgIpc) is 3.99. The van der Waals surface area contributed by atoms with Crippen LogP contribution in [-0.4, -0.2) is 19.1 Å². The van der Waals surface area contributed by atoms with Crippen molar-refractivity contribution in [2.75, 3.05) is 0 Å². The molecule has 0 spiro atoms. The summed E-state index contributed by atoms with van der Waals surface area (Å²) in [4.78, 5) is 8.09. The van der Waals surface area contributed by atoms with Crippen LogP contribution < -0.4 is 0 Å². The Hall–Kier alpha value is -6.39. The van der Waals surface area contributed by atoms with Gasteiger partial charge in [0.05, 0.1) is 34.1 Å². The first-order valence-corrected chi connectivity index (χ1v) is 21.5. The van der Waals surface area contributed by atoms with Crippen molar-refractivity contribution in [1.82, 2.24) is 19.1 Å². The van der Waals surface area contributed by atoms with Gasteiger partial charge in [0, 0.05) is 46.0 Å².